The van der Waals surface area contributed by atoms with Crippen molar-refractivity contribution < 1.29 is 14.5 Å². The fraction of sp³-hybridized carbons (Fsp3) is 0.182. The number of hydrogen-bond donors (Lipinski definition) is 0. The number of aryl methyl sites for hydroxylation is 1. The van der Waals surface area contributed by atoms with Crippen molar-refractivity contribution in [2.75, 3.05) is 0 Å². The van der Waals surface area contributed by atoms with E-state index in [2.05, 4.69) is 9.59 Å². The van der Waals surface area contributed by atoms with E-state index in [4.69, 9.17) is 4.74 Å². The van der Waals surface area contributed by atoms with Gasteiger partial charge in [0.25, 0.3) is 5.69 Å². The molecule has 1 aromatic carbocycles. The van der Waals surface area contributed by atoms with Crippen LogP contribution in [0.2, 0.25) is 0 Å². The van der Waals surface area contributed by atoms with Crippen molar-refractivity contribution in [3.8, 4) is 0 Å². The highest BCUT2D eigenvalue weighted by molar-refractivity contribution is 7.03. The van der Waals surface area contributed by atoms with E-state index in [1.807, 2.05) is 12.3 Å². The first-order chi connectivity index (χ1) is 9.08. The van der Waals surface area contributed by atoms with E-state index in [0.717, 1.165) is 5.69 Å². The second-order valence-electron chi connectivity index (χ2n) is 3.73. The molecule has 7 nitrogen and oxygen atoms in total. The Balaban J connectivity index is 0.000000186. The minimum Gasteiger partial charge on any atom is -0.457 e. The molecule has 2 aliphatic rings. The number of rotatable bonds is 1. The van der Waals surface area contributed by atoms with Crippen LogP contribution in [-0.2, 0) is 11.3 Å². The summed E-state index contributed by atoms with van der Waals surface area (Å²) in [5, 5.41) is 16.1. The van der Waals surface area contributed by atoms with E-state index in [1.165, 1.54) is 23.7 Å². The first kappa shape index (κ1) is 13.1. The first-order valence-electron chi connectivity index (χ1n) is 5.26. The third-order valence-electron chi connectivity index (χ3n) is 2.32. The normalized spacial score (nSPS) is 12.2. The Labute approximate surface area is 112 Å². The van der Waals surface area contributed by atoms with Crippen molar-refractivity contribution in [2.45, 2.75) is 13.5 Å². The molecule has 1 aromatic heterocycles. The largest absolute Gasteiger partial charge is 0.457 e. The van der Waals surface area contributed by atoms with Crippen LogP contribution in [0.4, 0.5) is 5.69 Å². The van der Waals surface area contributed by atoms with Crippen molar-refractivity contribution in [1.82, 2.24) is 9.59 Å². The minimum absolute atomic E-state index is 0.0197. The maximum absolute atomic E-state index is 11.1. The van der Waals surface area contributed by atoms with E-state index in [0.29, 0.717) is 5.56 Å². The van der Waals surface area contributed by atoms with Crippen LogP contribution in [0.3, 0.4) is 0 Å². The molecular formula is C11H9N3O4S. The molecule has 0 N–H and O–H groups in total. The minimum atomic E-state index is -0.633. The monoisotopic (exact) mass is 279 g/mol. The lowest BCUT2D eigenvalue weighted by Gasteiger charge is -1.95. The summed E-state index contributed by atoms with van der Waals surface area (Å²) in [6.07, 6.45) is 0. The smallest absolute Gasteiger partial charge is 0.345 e. The van der Waals surface area contributed by atoms with Crippen molar-refractivity contribution in [3.05, 3.63) is 50.5 Å². The number of fused-ring (bicyclic) bond motifs is 4. The van der Waals surface area contributed by atoms with Crippen LogP contribution in [-0.4, -0.2) is 20.5 Å². The number of carbonyl (C=O) groups is 1. The number of benzene rings is 1. The summed E-state index contributed by atoms with van der Waals surface area (Å²) >= 11 is 1.38. The lowest BCUT2D eigenvalue weighted by molar-refractivity contribution is -0.385. The van der Waals surface area contributed by atoms with Crippen molar-refractivity contribution in [3.63, 3.8) is 0 Å². The number of hydrogen-bond acceptors (Lipinski definition) is 7. The lowest BCUT2D eigenvalue weighted by Crippen LogP contribution is -2.02. The summed E-state index contributed by atoms with van der Waals surface area (Å²) < 4.78 is 8.35. The fourth-order valence-electron chi connectivity index (χ4n) is 1.43. The Morgan fingerprint density at radius 1 is 1.47 bits per heavy atom. The SMILES string of the molecule is Cc1csnn1.O=C1OCc2ccc1c([N+](=O)[O-])c2. The van der Waals surface area contributed by atoms with Crippen LogP contribution >= 0.6 is 11.5 Å². The van der Waals surface area contributed by atoms with E-state index >= 15 is 0 Å². The van der Waals surface area contributed by atoms with Crippen molar-refractivity contribution in [1.29, 1.82) is 0 Å². The summed E-state index contributed by atoms with van der Waals surface area (Å²) in [5.74, 6) is -0.633. The van der Waals surface area contributed by atoms with E-state index in [9.17, 15) is 14.9 Å². The molecule has 2 bridgehead atoms. The predicted octanol–water partition coefficient (Wildman–Crippen LogP) is 2.11. The number of esters is 1. The van der Waals surface area contributed by atoms with Gasteiger partial charge in [-0.1, -0.05) is 10.6 Å². The highest BCUT2D eigenvalue weighted by Gasteiger charge is 2.25. The van der Waals surface area contributed by atoms with Gasteiger partial charge in [-0.2, -0.15) is 0 Å². The van der Waals surface area contributed by atoms with Crippen LogP contribution in [0.1, 0.15) is 21.6 Å². The molecule has 4 rings (SSSR count). The maximum atomic E-state index is 11.1. The first-order valence-corrected chi connectivity index (χ1v) is 6.09. The summed E-state index contributed by atoms with van der Waals surface area (Å²) in [5.41, 5.74) is 1.48. The third-order valence-corrected chi connectivity index (χ3v) is 2.94. The Hall–Kier alpha value is -2.35. The molecule has 0 saturated carbocycles. The van der Waals surface area contributed by atoms with Crippen molar-refractivity contribution in [2.24, 2.45) is 0 Å². The van der Waals surface area contributed by atoms with Gasteiger partial charge in [0, 0.05) is 11.4 Å². The van der Waals surface area contributed by atoms with Gasteiger partial charge in [0.05, 0.1) is 10.6 Å². The number of nitro groups is 1. The Kier molecular flexibility index (Phi) is 3.81. The number of nitro benzene ring substituents is 1. The molecule has 98 valence electrons. The van der Waals surface area contributed by atoms with Crippen LogP contribution in [0, 0.1) is 17.0 Å². The molecule has 0 aliphatic carbocycles. The highest BCUT2D eigenvalue weighted by Crippen LogP contribution is 2.25. The number of nitrogens with zero attached hydrogens (tertiary/aromatic N) is 3. The molecule has 0 saturated heterocycles. The van der Waals surface area contributed by atoms with E-state index in [-0.39, 0.29) is 17.9 Å². The van der Waals surface area contributed by atoms with Gasteiger partial charge in [-0.3, -0.25) is 10.1 Å². The average Bonchev–Trinajstić information content (AvgIpc) is 2.74. The number of ether oxygens (including phenoxy) is 1. The van der Waals surface area contributed by atoms with Crippen LogP contribution < -0.4 is 0 Å². The molecule has 3 heterocycles. The summed E-state index contributed by atoms with van der Waals surface area (Å²) in [4.78, 5) is 21.0. The van der Waals surface area contributed by atoms with Crippen LogP contribution in [0.25, 0.3) is 0 Å². The Morgan fingerprint density at radius 3 is 2.79 bits per heavy atom. The standard InChI is InChI=1S/C8H5NO4.C3H4N2S/c10-8-6-2-1-5(4-13-8)3-7(6)9(11)12;1-3-2-6-5-4-3/h1-3H,4H2;2H,1H3. The van der Waals surface area contributed by atoms with Gasteiger partial charge in [-0.15, -0.1) is 5.10 Å². The summed E-state index contributed by atoms with van der Waals surface area (Å²) in [7, 11) is 0. The molecule has 0 unspecified atom stereocenters. The van der Waals surface area contributed by atoms with Gasteiger partial charge in [0.1, 0.15) is 12.2 Å². The molecule has 19 heavy (non-hydrogen) atoms. The summed E-state index contributed by atoms with van der Waals surface area (Å²) in [6, 6.07) is 4.43. The zero-order valence-corrected chi connectivity index (χ0v) is 10.7. The molecule has 0 radical (unpaired) electrons. The quantitative estimate of drug-likeness (QED) is 0.450. The molecule has 2 aliphatic heterocycles. The topological polar surface area (TPSA) is 95.2 Å². The zero-order chi connectivity index (χ0) is 13.8. The van der Waals surface area contributed by atoms with E-state index in [1.54, 1.807) is 6.07 Å². The van der Waals surface area contributed by atoms with Gasteiger partial charge >= 0.3 is 5.97 Å². The fourth-order valence-corrected chi connectivity index (χ4v) is 1.85. The Morgan fingerprint density at radius 2 is 2.26 bits per heavy atom. The second-order valence-corrected chi connectivity index (χ2v) is 4.34. The zero-order valence-electron chi connectivity index (χ0n) is 9.90. The van der Waals surface area contributed by atoms with Gasteiger partial charge in [0.15, 0.2) is 0 Å². The molecule has 0 amide bonds. The highest BCUT2D eigenvalue weighted by atomic mass is 32.1. The van der Waals surface area contributed by atoms with Gasteiger partial charge in [-0.25, -0.2) is 4.79 Å². The maximum Gasteiger partial charge on any atom is 0.345 e. The molecule has 2 aromatic rings. The third kappa shape index (κ3) is 3.10. The summed E-state index contributed by atoms with van der Waals surface area (Å²) in [6.45, 7) is 2.03. The second kappa shape index (κ2) is 5.53. The van der Waals surface area contributed by atoms with Gasteiger partial charge in [0.2, 0.25) is 0 Å². The van der Waals surface area contributed by atoms with Crippen LogP contribution in [0.15, 0.2) is 23.6 Å². The average molecular weight is 279 g/mol. The molecule has 8 heteroatoms. The molecular weight excluding hydrogens is 270 g/mol. The van der Waals surface area contributed by atoms with E-state index < -0.39 is 10.9 Å². The predicted molar refractivity (Wildman–Crippen MR) is 66.9 cm³/mol. The lowest BCUT2D eigenvalue weighted by atomic mass is 10.1. The number of carbonyl (C=O) groups excluding carboxylic acids is 1. The molecule has 0 spiro atoms. The van der Waals surface area contributed by atoms with Crippen molar-refractivity contribution >= 4 is 23.2 Å². The van der Waals surface area contributed by atoms with Gasteiger partial charge < -0.3 is 4.74 Å². The van der Waals surface area contributed by atoms with Gasteiger partial charge in [-0.05, 0) is 30.1 Å². The Bertz CT molecular complexity index is 612. The molecule has 0 fully saturated rings. The van der Waals surface area contributed by atoms with Crippen LogP contribution in [0.5, 0.6) is 0 Å². The number of aromatic nitrogens is 2. The molecule has 0 atom stereocenters.